The number of amides is 1. The molecule has 0 fully saturated rings. The van der Waals surface area contributed by atoms with Crippen molar-refractivity contribution in [1.29, 1.82) is 5.26 Å². The zero-order valence-corrected chi connectivity index (χ0v) is 16.8. The molecule has 0 unspecified atom stereocenters. The summed E-state index contributed by atoms with van der Waals surface area (Å²) in [6.07, 6.45) is 2.40. The molecule has 3 rings (SSSR count). The highest BCUT2D eigenvalue weighted by molar-refractivity contribution is 6.04. The first kappa shape index (κ1) is 20.4. The lowest BCUT2D eigenvalue weighted by Gasteiger charge is -2.09. The third-order valence-corrected chi connectivity index (χ3v) is 4.93. The zero-order valence-electron chi connectivity index (χ0n) is 16.8. The number of carbonyl (C=O) groups is 1. The Kier molecular flexibility index (Phi) is 6.83. The van der Waals surface area contributed by atoms with Gasteiger partial charge in [0.05, 0.1) is 0 Å². The van der Waals surface area contributed by atoms with Crippen molar-refractivity contribution in [3.05, 3.63) is 77.0 Å². The number of nitrogens with zero attached hydrogens (tertiary/aromatic N) is 2. The third kappa shape index (κ3) is 4.74. The number of methoxy groups -OCH3 is 1. The van der Waals surface area contributed by atoms with E-state index in [1.807, 2.05) is 43.3 Å². The number of fused-ring (bicyclic) bond motifs is 1. The van der Waals surface area contributed by atoms with Crippen LogP contribution in [0.2, 0.25) is 0 Å². The molecule has 0 radical (unpaired) electrons. The van der Waals surface area contributed by atoms with E-state index in [-0.39, 0.29) is 11.5 Å². The summed E-state index contributed by atoms with van der Waals surface area (Å²) in [6.45, 7) is 3.80. The van der Waals surface area contributed by atoms with Crippen LogP contribution in [0, 0.1) is 18.3 Å². The minimum Gasteiger partial charge on any atom is -0.385 e. The number of benzene rings is 2. The number of para-hydroxylation sites is 1. The van der Waals surface area contributed by atoms with Gasteiger partial charge in [0.15, 0.2) is 0 Å². The Balaban J connectivity index is 1.96. The molecule has 0 atom stereocenters. The fraction of sp³-hybridized carbons (Fsp3) is 0.250. The summed E-state index contributed by atoms with van der Waals surface area (Å²) in [4.78, 5) is 12.4. The van der Waals surface area contributed by atoms with E-state index in [9.17, 15) is 10.1 Å². The molecule has 0 saturated heterocycles. The Morgan fingerprint density at radius 2 is 1.90 bits per heavy atom. The predicted molar refractivity (Wildman–Crippen MR) is 115 cm³/mol. The van der Waals surface area contributed by atoms with E-state index in [0.29, 0.717) is 19.6 Å². The van der Waals surface area contributed by atoms with Crippen LogP contribution < -0.4 is 5.32 Å². The molecule has 148 valence electrons. The Morgan fingerprint density at radius 1 is 1.17 bits per heavy atom. The van der Waals surface area contributed by atoms with Crippen LogP contribution in [0.4, 0.5) is 0 Å². The molecule has 0 aliphatic heterocycles. The maximum Gasteiger partial charge on any atom is 0.261 e. The lowest BCUT2D eigenvalue weighted by atomic mass is 10.1. The maximum atomic E-state index is 12.4. The normalized spacial score (nSPS) is 11.4. The third-order valence-electron chi connectivity index (χ3n) is 4.93. The van der Waals surface area contributed by atoms with E-state index in [4.69, 9.17) is 4.74 Å². The van der Waals surface area contributed by atoms with Gasteiger partial charge >= 0.3 is 0 Å². The summed E-state index contributed by atoms with van der Waals surface area (Å²) in [5.74, 6) is -0.358. The summed E-state index contributed by atoms with van der Waals surface area (Å²) < 4.78 is 7.21. The van der Waals surface area contributed by atoms with Crippen molar-refractivity contribution < 1.29 is 9.53 Å². The summed E-state index contributed by atoms with van der Waals surface area (Å²) in [5, 5.41) is 13.4. The number of nitrogens with one attached hydrogen (secondary N) is 1. The summed E-state index contributed by atoms with van der Waals surface area (Å²) in [7, 11) is 1.62. The largest absolute Gasteiger partial charge is 0.385 e. The zero-order chi connectivity index (χ0) is 20.6. The van der Waals surface area contributed by atoms with E-state index in [1.165, 1.54) is 5.56 Å². The molecule has 0 saturated carbocycles. The first-order valence-corrected chi connectivity index (χ1v) is 9.66. The maximum absolute atomic E-state index is 12.4. The van der Waals surface area contributed by atoms with Crippen LogP contribution in [0.15, 0.2) is 60.2 Å². The van der Waals surface area contributed by atoms with E-state index in [2.05, 4.69) is 34.2 Å². The number of carbonyl (C=O) groups excluding carboxylic acids is 1. The molecule has 0 aliphatic rings. The van der Waals surface area contributed by atoms with Crippen LogP contribution >= 0.6 is 0 Å². The van der Waals surface area contributed by atoms with Crippen molar-refractivity contribution in [3.63, 3.8) is 0 Å². The van der Waals surface area contributed by atoms with Gasteiger partial charge in [0.25, 0.3) is 5.91 Å². The SMILES string of the molecule is COCCCNC(=O)/C(C#N)=C/c1c(C)n(Cc2ccccc2)c2ccccc12. The predicted octanol–water partition coefficient (Wildman–Crippen LogP) is 4.06. The fourth-order valence-electron chi connectivity index (χ4n) is 3.42. The molecule has 2 aromatic carbocycles. The monoisotopic (exact) mass is 387 g/mol. The lowest BCUT2D eigenvalue weighted by Crippen LogP contribution is -2.26. The smallest absolute Gasteiger partial charge is 0.261 e. The number of hydrogen-bond donors (Lipinski definition) is 1. The van der Waals surface area contributed by atoms with E-state index >= 15 is 0 Å². The molecule has 1 heterocycles. The van der Waals surface area contributed by atoms with Crippen molar-refractivity contribution in [2.75, 3.05) is 20.3 Å². The van der Waals surface area contributed by atoms with Gasteiger partial charge < -0.3 is 14.6 Å². The second-order valence-electron chi connectivity index (χ2n) is 6.86. The molecule has 1 aromatic heterocycles. The van der Waals surface area contributed by atoms with Crippen LogP contribution in [0.25, 0.3) is 17.0 Å². The molecule has 0 aliphatic carbocycles. The first-order chi connectivity index (χ1) is 14.2. The van der Waals surface area contributed by atoms with Gasteiger partial charge in [0.1, 0.15) is 11.6 Å². The van der Waals surface area contributed by atoms with Crippen molar-refractivity contribution in [2.45, 2.75) is 19.9 Å². The summed E-state index contributed by atoms with van der Waals surface area (Å²) >= 11 is 0. The number of aromatic nitrogens is 1. The second kappa shape index (κ2) is 9.72. The number of rotatable bonds is 8. The molecule has 5 heteroatoms. The Labute approximate surface area is 171 Å². The van der Waals surface area contributed by atoms with Gasteiger partial charge in [-0.3, -0.25) is 4.79 Å². The highest BCUT2D eigenvalue weighted by atomic mass is 16.5. The van der Waals surface area contributed by atoms with Gasteiger partial charge in [-0.15, -0.1) is 0 Å². The Hall–Kier alpha value is -3.36. The number of ether oxygens (including phenoxy) is 1. The van der Waals surface area contributed by atoms with E-state index < -0.39 is 0 Å². The van der Waals surface area contributed by atoms with Gasteiger partial charge in [0.2, 0.25) is 0 Å². The minimum absolute atomic E-state index is 0.105. The second-order valence-corrected chi connectivity index (χ2v) is 6.86. The number of nitriles is 1. The molecule has 0 bridgehead atoms. The van der Waals surface area contributed by atoms with Crippen LogP contribution in [0.3, 0.4) is 0 Å². The minimum atomic E-state index is -0.358. The summed E-state index contributed by atoms with van der Waals surface area (Å²) in [6, 6.07) is 20.4. The summed E-state index contributed by atoms with van der Waals surface area (Å²) in [5.41, 5.74) is 4.31. The molecule has 3 aromatic rings. The van der Waals surface area contributed by atoms with Crippen molar-refractivity contribution in [3.8, 4) is 6.07 Å². The highest BCUT2D eigenvalue weighted by Crippen LogP contribution is 2.28. The van der Waals surface area contributed by atoms with Crippen molar-refractivity contribution in [2.24, 2.45) is 0 Å². The Bertz CT molecular complexity index is 1060. The van der Waals surface area contributed by atoms with Gasteiger partial charge in [-0.05, 0) is 31.1 Å². The lowest BCUT2D eigenvalue weighted by molar-refractivity contribution is -0.117. The first-order valence-electron chi connectivity index (χ1n) is 9.66. The standard InChI is InChI=1S/C24H25N3O2/c1-18-22(15-20(16-25)24(28)26-13-8-14-29-2)21-11-6-7-12-23(21)27(18)17-19-9-4-3-5-10-19/h3-7,9-12,15H,8,13-14,17H2,1-2H3,(H,26,28)/b20-15+. The molecular formula is C24H25N3O2. The molecule has 1 amide bonds. The molecule has 1 N–H and O–H groups in total. The van der Waals surface area contributed by atoms with E-state index in [1.54, 1.807) is 13.2 Å². The van der Waals surface area contributed by atoms with Crippen LogP contribution in [0.1, 0.15) is 23.2 Å². The van der Waals surface area contributed by atoms with Gasteiger partial charge in [0, 0.05) is 49.0 Å². The van der Waals surface area contributed by atoms with Crippen LogP contribution in [-0.4, -0.2) is 30.7 Å². The van der Waals surface area contributed by atoms with Gasteiger partial charge in [-0.25, -0.2) is 0 Å². The molecular weight excluding hydrogens is 362 g/mol. The molecule has 29 heavy (non-hydrogen) atoms. The van der Waals surface area contributed by atoms with Crippen molar-refractivity contribution >= 4 is 22.9 Å². The number of hydrogen-bond acceptors (Lipinski definition) is 3. The highest BCUT2D eigenvalue weighted by Gasteiger charge is 2.15. The molecule has 0 spiro atoms. The quantitative estimate of drug-likeness (QED) is 0.360. The molecule has 5 nitrogen and oxygen atoms in total. The van der Waals surface area contributed by atoms with Gasteiger partial charge in [-0.2, -0.15) is 5.26 Å². The average molecular weight is 387 g/mol. The van der Waals surface area contributed by atoms with Crippen LogP contribution in [-0.2, 0) is 16.1 Å². The average Bonchev–Trinajstić information content (AvgIpc) is 3.01. The van der Waals surface area contributed by atoms with Crippen LogP contribution in [0.5, 0.6) is 0 Å². The Morgan fingerprint density at radius 3 is 2.62 bits per heavy atom. The van der Waals surface area contributed by atoms with E-state index in [0.717, 1.165) is 28.7 Å². The van der Waals surface area contributed by atoms with Crippen molar-refractivity contribution in [1.82, 2.24) is 9.88 Å². The topological polar surface area (TPSA) is 67.0 Å². The fourth-order valence-corrected chi connectivity index (χ4v) is 3.42. The van der Waals surface area contributed by atoms with Gasteiger partial charge in [-0.1, -0.05) is 48.5 Å².